The molecule has 0 saturated carbocycles. The van der Waals surface area contributed by atoms with Crippen molar-refractivity contribution in [2.45, 2.75) is 32.2 Å². The van der Waals surface area contributed by atoms with Crippen molar-refractivity contribution >= 4 is 16.8 Å². The van der Waals surface area contributed by atoms with E-state index >= 15 is 0 Å². The Bertz CT molecular complexity index is 992. The molecule has 0 spiro atoms. The van der Waals surface area contributed by atoms with Crippen LogP contribution in [0.15, 0.2) is 48.7 Å². The van der Waals surface area contributed by atoms with Gasteiger partial charge in [-0.25, -0.2) is 0 Å². The van der Waals surface area contributed by atoms with Crippen LogP contribution in [-0.4, -0.2) is 53.9 Å². The minimum absolute atomic E-state index is 0.0234. The summed E-state index contributed by atoms with van der Waals surface area (Å²) in [5.41, 5.74) is 2.73. The van der Waals surface area contributed by atoms with Crippen molar-refractivity contribution in [1.82, 2.24) is 20.0 Å². The fourth-order valence-corrected chi connectivity index (χ4v) is 4.07. The first-order valence-electron chi connectivity index (χ1n) is 10.8. The quantitative estimate of drug-likeness (QED) is 0.580. The highest BCUT2D eigenvalue weighted by Gasteiger charge is 2.12. The van der Waals surface area contributed by atoms with Crippen LogP contribution in [0, 0.1) is 0 Å². The number of aromatic nitrogens is 2. The van der Waals surface area contributed by atoms with Crippen LogP contribution in [-0.2, 0) is 6.54 Å². The Balaban J connectivity index is 1.38. The van der Waals surface area contributed by atoms with Gasteiger partial charge >= 0.3 is 0 Å². The van der Waals surface area contributed by atoms with Gasteiger partial charge in [-0.05, 0) is 68.7 Å². The lowest BCUT2D eigenvalue weighted by Crippen LogP contribution is -2.33. The van der Waals surface area contributed by atoms with E-state index in [0.29, 0.717) is 18.7 Å². The summed E-state index contributed by atoms with van der Waals surface area (Å²) in [5, 5.41) is 8.61. The largest absolute Gasteiger partial charge is 0.497 e. The first kappa shape index (κ1) is 20.4. The third-order valence-electron chi connectivity index (χ3n) is 5.76. The molecule has 30 heavy (non-hydrogen) atoms. The highest BCUT2D eigenvalue weighted by Crippen LogP contribution is 2.19. The van der Waals surface area contributed by atoms with Crippen LogP contribution in [0.25, 0.3) is 10.9 Å². The smallest absolute Gasteiger partial charge is 0.251 e. The molecule has 1 aliphatic heterocycles. The Morgan fingerprint density at radius 1 is 1.13 bits per heavy atom. The van der Waals surface area contributed by atoms with Gasteiger partial charge in [-0.1, -0.05) is 24.6 Å². The molecule has 4 rings (SSSR count). The summed E-state index contributed by atoms with van der Waals surface area (Å²) >= 11 is 0. The fourth-order valence-electron chi connectivity index (χ4n) is 4.07. The lowest BCUT2D eigenvalue weighted by molar-refractivity contribution is 0.0951. The van der Waals surface area contributed by atoms with E-state index < -0.39 is 0 Å². The van der Waals surface area contributed by atoms with Crippen LogP contribution in [0.5, 0.6) is 5.75 Å². The molecule has 0 bridgehead atoms. The van der Waals surface area contributed by atoms with Crippen LogP contribution in [0.2, 0.25) is 0 Å². The maximum absolute atomic E-state index is 12.6. The minimum Gasteiger partial charge on any atom is -0.497 e. The van der Waals surface area contributed by atoms with Gasteiger partial charge < -0.3 is 15.0 Å². The molecule has 1 amide bonds. The zero-order valence-corrected chi connectivity index (χ0v) is 17.6. The van der Waals surface area contributed by atoms with Crippen LogP contribution in [0.3, 0.4) is 0 Å². The van der Waals surface area contributed by atoms with E-state index in [9.17, 15) is 4.79 Å². The van der Waals surface area contributed by atoms with Crippen molar-refractivity contribution < 1.29 is 9.53 Å². The number of nitrogens with one attached hydrogen (secondary N) is 1. The lowest BCUT2D eigenvalue weighted by atomic mass is 10.1. The van der Waals surface area contributed by atoms with Crippen molar-refractivity contribution in [2.24, 2.45) is 0 Å². The standard InChI is InChI=1S/C24H30N4O2/c1-30-22-8-5-7-19(15-22)18-28-23-16-20(9-10-21(23)17-26-28)24(29)25-11-6-14-27-12-3-2-4-13-27/h5,7-10,15-17H,2-4,6,11-14,18H2,1H3,(H,25,29). The van der Waals surface area contributed by atoms with Gasteiger partial charge in [-0.2, -0.15) is 5.10 Å². The number of ether oxygens (including phenoxy) is 1. The van der Waals surface area contributed by atoms with Gasteiger partial charge in [-0.15, -0.1) is 0 Å². The zero-order valence-electron chi connectivity index (χ0n) is 17.6. The van der Waals surface area contributed by atoms with Crippen LogP contribution < -0.4 is 10.1 Å². The molecule has 1 saturated heterocycles. The predicted molar refractivity (Wildman–Crippen MR) is 119 cm³/mol. The van der Waals surface area contributed by atoms with E-state index in [1.54, 1.807) is 7.11 Å². The van der Waals surface area contributed by atoms with E-state index in [-0.39, 0.29) is 5.91 Å². The van der Waals surface area contributed by atoms with Crippen molar-refractivity contribution in [1.29, 1.82) is 0 Å². The molecule has 1 N–H and O–H groups in total. The molecular formula is C24H30N4O2. The van der Waals surface area contributed by atoms with Crippen molar-refractivity contribution in [2.75, 3.05) is 33.3 Å². The summed E-state index contributed by atoms with van der Waals surface area (Å²) in [6, 6.07) is 13.7. The number of benzene rings is 2. The second-order valence-electron chi connectivity index (χ2n) is 7.94. The highest BCUT2D eigenvalue weighted by atomic mass is 16.5. The highest BCUT2D eigenvalue weighted by molar-refractivity contribution is 5.97. The maximum atomic E-state index is 12.6. The van der Waals surface area contributed by atoms with Gasteiger partial charge in [0.2, 0.25) is 0 Å². The molecule has 1 aliphatic rings. The van der Waals surface area contributed by atoms with E-state index in [0.717, 1.165) is 35.2 Å². The Morgan fingerprint density at radius 3 is 2.83 bits per heavy atom. The number of rotatable bonds is 8. The number of hydrogen-bond acceptors (Lipinski definition) is 4. The Morgan fingerprint density at radius 2 is 2.00 bits per heavy atom. The first-order chi connectivity index (χ1) is 14.7. The van der Waals surface area contributed by atoms with Crippen LogP contribution >= 0.6 is 0 Å². The monoisotopic (exact) mass is 406 g/mol. The number of hydrogen-bond donors (Lipinski definition) is 1. The van der Waals surface area contributed by atoms with Crippen molar-refractivity contribution in [3.8, 4) is 5.75 Å². The first-order valence-corrected chi connectivity index (χ1v) is 10.8. The van der Waals surface area contributed by atoms with E-state index in [1.807, 2.05) is 47.3 Å². The van der Waals surface area contributed by atoms with Crippen LogP contribution in [0.1, 0.15) is 41.6 Å². The number of piperidine rings is 1. The molecule has 0 aliphatic carbocycles. The molecule has 3 aromatic rings. The van der Waals surface area contributed by atoms with E-state index in [2.05, 4.69) is 21.4 Å². The van der Waals surface area contributed by atoms with E-state index in [1.165, 1.54) is 32.4 Å². The summed E-state index contributed by atoms with van der Waals surface area (Å²) in [6.07, 6.45) is 6.79. The van der Waals surface area contributed by atoms with Gasteiger partial charge in [0.25, 0.3) is 5.91 Å². The second-order valence-corrected chi connectivity index (χ2v) is 7.94. The van der Waals surface area contributed by atoms with E-state index in [4.69, 9.17) is 4.74 Å². The molecule has 2 aromatic carbocycles. The molecule has 0 radical (unpaired) electrons. The average Bonchev–Trinajstić information content (AvgIpc) is 3.19. The Kier molecular flexibility index (Phi) is 6.64. The van der Waals surface area contributed by atoms with Gasteiger partial charge in [0.15, 0.2) is 0 Å². The van der Waals surface area contributed by atoms with Crippen LogP contribution in [0.4, 0.5) is 0 Å². The number of carbonyl (C=O) groups is 1. The molecule has 2 heterocycles. The SMILES string of the molecule is COc1cccc(Cn2ncc3ccc(C(=O)NCCCN4CCCCC4)cc32)c1. The topological polar surface area (TPSA) is 59.4 Å². The number of nitrogens with zero attached hydrogens (tertiary/aromatic N) is 3. The summed E-state index contributed by atoms with van der Waals surface area (Å²) in [4.78, 5) is 15.1. The van der Waals surface area contributed by atoms with Gasteiger partial charge in [0.05, 0.1) is 25.4 Å². The normalized spacial score (nSPS) is 14.7. The van der Waals surface area contributed by atoms with Crippen molar-refractivity contribution in [3.05, 3.63) is 59.8 Å². The third kappa shape index (κ3) is 5.00. The average molecular weight is 407 g/mol. The molecule has 0 atom stereocenters. The number of fused-ring (bicyclic) bond motifs is 1. The lowest BCUT2D eigenvalue weighted by Gasteiger charge is -2.26. The molecule has 158 valence electrons. The van der Waals surface area contributed by atoms with Crippen molar-refractivity contribution in [3.63, 3.8) is 0 Å². The number of carbonyl (C=O) groups excluding carboxylic acids is 1. The zero-order chi connectivity index (χ0) is 20.8. The number of amides is 1. The molecular weight excluding hydrogens is 376 g/mol. The third-order valence-corrected chi connectivity index (χ3v) is 5.76. The molecule has 1 fully saturated rings. The summed E-state index contributed by atoms with van der Waals surface area (Å²) < 4.78 is 7.24. The molecule has 1 aromatic heterocycles. The number of likely N-dealkylation sites (tertiary alicyclic amines) is 1. The molecule has 6 heteroatoms. The van der Waals surface area contributed by atoms with Gasteiger partial charge in [0, 0.05) is 17.5 Å². The maximum Gasteiger partial charge on any atom is 0.251 e. The summed E-state index contributed by atoms with van der Waals surface area (Å²) in [5.74, 6) is 0.804. The molecule has 0 unspecified atom stereocenters. The van der Waals surface area contributed by atoms with Gasteiger partial charge in [-0.3, -0.25) is 9.48 Å². The predicted octanol–water partition coefficient (Wildman–Crippen LogP) is 3.70. The van der Waals surface area contributed by atoms with Gasteiger partial charge in [0.1, 0.15) is 5.75 Å². The Hall–Kier alpha value is -2.86. The second kappa shape index (κ2) is 9.76. The summed E-state index contributed by atoms with van der Waals surface area (Å²) in [7, 11) is 1.67. The Labute approximate surface area is 177 Å². The summed E-state index contributed by atoms with van der Waals surface area (Å²) in [6.45, 7) is 4.79. The molecule has 6 nitrogen and oxygen atoms in total. The number of methoxy groups -OCH3 is 1. The fraction of sp³-hybridized carbons (Fsp3) is 0.417. The minimum atomic E-state index is -0.0234.